The lowest BCUT2D eigenvalue weighted by atomic mass is 10.1. The van der Waals surface area contributed by atoms with E-state index in [2.05, 4.69) is 10.1 Å². The van der Waals surface area contributed by atoms with Gasteiger partial charge in [0.25, 0.3) is 0 Å². The van der Waals surface area contributed by atoms with Gasteiger partial charge in [-0.15, -0.1) is 0 Å². The molecule has 1 rings (SSSR count). The molecule has 6 nitrogen and oxygen atoms in total. The van der Waals surface area contributed by atoms with Gasteiger partial charge in [-0.2, -0.15) is 4.98 Å². The Bertz CT molecular complexity index is 336. The van der Waals surface area contributed by atoms with Crippen LogP contribution in [0, 0.1) is 0 Å². The van der Waals surface area contributed by atoms with Crippen LogP contribution in [-0.4, -0.2) is 28.0 Å². The lowest BCUT2D eigenvalue weighted by Gasteiger charge is -2.19. The smallest absolute Gasteiger partial charge is 0.246 e. The van der Waals surface area contributed by atoms with Crippen molar-refractivity contribution in [3.63, 3.8) is 0 Å². The molecule has 0 fully saturated rings. The van der Waals surface area contributed by atoms with E-state index in [4.69, 9.17) is 15.0 Å². The molecule has 0 spiro atoms. The summed E-state index contributed by atoms with van der Waals surface area (Å²) in [5.41, 5.74) is 5.07. The summed E-state index contributed by atoms with van der Waals surface area (Å²) in [5.74, 6) is 0.651. The van der Waals surface area contributed by atoms with E-state index in [-0.39, 0.29) is 5.89 Å². The van der Waals surface area contributed by atoms with Gasteiger partial charge < -0.3 is 20.1 Å². The molecule has 0 aromatic carbocycles. The quantitative estimate of drug-likeness (QED) is 0.772. The number of hydrogen-bond donors (Lipinski definition) is 2. The third-order valence-electron chi connectivity index (χ3n) is 2.29. The Labute approximate surface area is 94.8 Å². The highest BCUT2D eigenvalue weighted by Crippen LogP contribution is 2.23. The Balaban J connectivity index is 2.86. The molecule has 6 heteroatoms. The van der Waals surface area contributed by atoms with E-state index >= 15 is 0 Å². The van der Waals surface area contributed by atoms with Gasteiger partial charge in [0.15, 0.2) is 0 Å². The first kappa shape index (κ1) is 13.1. The third-order valence-corrected chi connectivity index (χ3v) is 2.29. The highest BCUT2D eigenvalue weighted by molar-refractivity contribution is 5.00. The van der Waals surface area contributed by atoms with E-state index in [1.807, 2.05) is 20.8 Å². The molecule has 0 saturated carbocycles. The molecule has 1 aromatic heterocycles. The Morgan fingerprint density at radius 1 is 1.56 bits per heavy atom. The van der Waals surface area contributed by atoms with Crippen LogP contribution in [0.1, 0.15) is 45.5 Å². The van der Waals surface area contributed by atoms with E-state index in [0.29, 0.717) is 12.4 Å². The van der Waals surface area contributed by atoms with Crippen LogP contribution in [0.2, 0.25) is 0 Å². The van der Waals surface area contributed by atoms with Crippen LogP contribution in [0.5, 0.6) is 0 Å². The summed E-state index contributed by atoms with van der Waals surface area (Å²) in [4.78, 5) is 4.13. The minimum Gasteiger partial charge on any atom is -0.391 e. The molecular formula is C10H19N3O3. The maximum Gasteiger partial charge on any atom is 0.246 e. The van der Waals surface area contributed by atoms with E-state index in [1.165, 1.54) is 0 Å². The predicted molar refractivity (Wildman–Crippen MR) is 57.6 cm³/mol. The number of nitrogens with two attached hydrogens (primary N) is 1. The van der Waals surface area contributed by atoms with Crippen LogP contribution >= 0.6 is 0 Å². The Morgan fingerprint density at radius 3 is 2.69 bits per heavy atom. The maximum atomic E-state index is 9.31. The van der Waals surface area contributed by atoms with E-state index < -0.39 is 17.7 Å². The molecule has 0 aliphatic heterocycles. The first-order valence-electron chi connectivity index (χ1n) is 5.30. The first-order chi connectivity index (χ1) is 7.38. The number of aliphatic hydroxyl groups is 1. The van der Waals surface area contributed by atoms with Gasteiger partial charge in [0, 0.05) is 6.61 Å². The Morgan fingerprint density at radius 2 is 2.19 bits per heavy atom. The summed E-state index contributed by atoms with van der Waals surface area (Å²) in [7, 11) is 0. The number of ether oxygens (including phenoxy) is 1. The van der Waals surface area contributed by atoms with Crippen molar-refractivity contribution in [1.29, 1.82) is 0 Å². The van der Waals surface area contributed by atoms with Crippen LogP contribution < -0.4 is 5.73 Å². The molecule has 1 aromatic rings. The zero-order valence-corrected chi connectivity index (χ0v) is 10.1. The van der Waals surface area contributed by atoms with Crippen molar-refractivity contribution < 1.29 is 14.4 Å². The molecule has 1 heterocycles. The molecular weight excluding hydrogens is 210 g/mol. The van der Waals surface area contributed by atoms with E-state index in [9.17, 15) is 5.11 Å². The van der Waals surface area contributed by atoms with Gasteiger partial charge in [0.05, 0.1) is 6.10 Å². The molecule has 0 radical (unpaired) electrons. The van der Waals surface area contributed by atoms with Crippen molar-refractivity contribution in [1.82, 2.24) is 10.1 Å². The molecule has 16 heavy (non-hydrogen) atoms. The first-order valence-corrected chi connectivity index (χ1v) is 5.30. The van der Waals surface area contributed by atoms with Crippen molar-refractivity contribution in [3.8, 4) is 0 Å². The molecule has 2 atom stereocenters. The van der Waals surface area contributed by atoms with Crippen LogP contribution in [-0.2, 0) is 10.3 Å². The number of rotatable bonds is 5. The Hall–Kier alpha value is -0.980. The van der Waals surface area contributed by atoms with Gasteiger partial charge in [0.1, 0.15) is 11.6 Å². The second kappa shape index (κ2) is 4.90. The summed E-state index contributed by atoms with van der Waals surface area (Å²) >= 11 is 0. The van der Waals surface area contributed by atoms with Crippen molar-refractivity contribution >= 4 is 0 Å². The average molecular weight is 229 g/mol. The van der Waals surface area contributed by atoms with Crippen molar-refractivity contribution in [3.05, 3.63) is 11.7 Å². The highest BCUT2D eigenvalue weighted by atomic mass is 16.5. The second-order valence-electron chi connectivity index (χ2n) is 4.17. The number of aliphatic hydroxyl groups excluding tert-OH is 1. The third kappa shape index (κ3) is 2.78. The predicted octanol–water partition coefficient (Wildman–Crippen LogP) is 0.722. The van der Waals surface area contributed by atoms with Gasteiger partial charge in [0.2, 0.25) is 11.7 Å². The minimum absolute atomic E-state index is 0.220. The summed E-state index contributed by atoms with van der Waals surface area (Å²) in [6, 6.07) is -0.668. The van der Waals surface area contributed by atoms with Crippen LogP contribution in [0.25, 0.3) is 0 Å². The molecule has 3 N–H and O–H groups in total. The summed E-state index contributed by atoms with van der Waals surface area (Å²) < 4.78 is 10.5. The van der Waals surface area contributed by atoms with Crippen molar-refractivity contribution in [2.75, 3.05) is 6.61 Å². The number of nitrogens with zero attached hydrogens (tertiary/aromatic N) is 2. The number of aromatic nitrogens is 2. The molecule has 92 valence electrons. The summed E-state index contributed by atoms with van der Waals surface area (Å²) in [6.07, 6.45) is -0.733. The standard InChI is InChI=1S/C10H19N3O3/c1-5-15-10(3,4)9-12-8(16-13-9)7(11)6(2)14/h6-7,14H,5,11H2,1-4H3/t6-,7+/m1/s1. The zero-order chi connectivity index (χ0) is 12.3. The van der Waals surface area contributed by atoms with Crippen LogP contribution in [0.15, 0.2) is 4.52 Å². The fourth-order valence-corrected chi connectivity index (χ4v) is 1.25. The molecule has 0 unspecified atom stereocenters. The van der Waals surface area contributed by atoms with Crippen LogP contribution in [0.3, 0.4) is 0 Å². The second-order valence-corrected chi connectivity index (χ2v) is 4.17. The largest absolute Gasteiger partial charge is 0.391 e. The van der Waals surface area contributed by atoms with Gasteiger partial charge in [-0.05, 0) is 27.7 Å². The normalized spacial score (nSPS) is 16.1. The average Bonchev–Trinajstić information content (AvgIpc) is 2.65. The SMILES string of the molecule is CCOC(C)(C)c1noc([C@@H](N)[C@@H](C)O)n1. The Kier molecular flexibility index (Phi) is 4.01. The van der Waals surface area contributed by atoms with Crippen LogP contribution in [0.4, 0.5) is 0 Å². The van der Waals surface area contributed by atoms with Crippen molar-refractivity contribution in [2.45, 2.75) is 45.4 Å². The molecule has 0 aliphatic carbocycles. The maximum absolute atomic E-state index is 9.31. The van der Waals surface area contributed by atoms with Crippen molar-refractivity contribution in [2.24, 2.45) is 5.73 Å². The lowest BCUT2D eigenvalue weighted by molar-refractivity contribution is -0.0221. The molecule has 0 saturated heterocycles. The summed E-state index contributed by atoms with van der Waals surface area (Å²) in [5, 5.41) is 13.1. The summed E-state index contributed by atoms with van der Waals surface area (Å²) in [6.45, 7) is 7.71. The molecule has 0 bridgehead atoms. The number of hydrogen-bond acceptors (Lipinski definition) is 6. The van der Waals surface area contributed by atoms with E-state index in [1.54, 1.807) is 6.92 Å². The van der Waals surface area contributed by atoms with Gasteiger partial charge in [-0.25, -0.2) is 0 Å². The molecule has 0 amide bonds. The zero-order valence-electron chi connectivity index (χ0n) is 10.1. The van der Waals surface area contributed by atoms with Gasteiger partial charge >= 0.3 is 0 Å². The van der Waals surface area contributed by atoms with Gasteiger partial charge in [-0.3, -0.25) is 0 Å². The lowest BCUT2D eigenvalue weighted by Crippen LogP contribution is -2.25. The fraction of sp³-hybridized carbons (Fsp3) is 0.800. The van der Waals surface area contributed by atoms with Gasteiger partial charge in [-0.1, -0.05) is 5.16 Å². The topological polar surface area (TPSA) is 94.4 Å². The van der Waals surface area contributed by atoms with E-state index in [0.717, 1.165) is 0 Å². The molecule has 0 aliphatic rings. The minimum atomic E-state index is -0.733. The highest BCUT2D eigenvalue weighted by Gasteiger charge is 2.29. The monoisotopic (exact) mass is 229 g/mol. The fourth-order valence-electron chi connectivity index (χ4n) is 1.25.